The standard InChI is InChI=1S/C31H33N5O2/c1-30(19-22-20-33-24-12-4-3-11-23(22)24,36-29-35-25-13-5-6-14-26(25)38-29)28(37)34-21-31(16-8-2-9-17-31)27-15-7-10-18-32-27/h3-7,10-15,18,20,33H,2,8-9,16-17,19,21H2,1H3,(H,34,37)(H,35,36). The average molecular weight is 508 g/mol. The quantitative estimate of drug-likeness (QED) is 0.235. The van der Waals surface area contributed by atoms with Crippen LogP contribution in [0.2, 0.25) is 0 Å². The van der Waals surface area contributed by atoms with Gasteiger partial charge >= 0.3 is 0 Å². The molecule has 0 bridgehead atoms. The van der Waals surface area contributed by atoms with Gasteiger partial charge in [0, 0.05) is 47.4 Å². The first kappa shape index (κ1) is 24.2. The highest BCUT2D eigenvalue weighted by molar-refractivity contribution is 5.91. The fourth-order valence-electron chi connectivity index (χ4n) is 5.87. The van der Waals surface area contributed by atoms with E-state index in [0.29, 0.717) is 24.6 Å². The van der Waals surface area contributed by atoms with Crippen molar-refractivity contribution in [1.82, 2.24) is 20.3 Å². The second-order valence-electron chi connectivity index (χ2n) is 10.7. The summed E-state index contributed by atoms with van der Waals surface area (Å²) in [6, 6.07) is 22.2. The zero-order valence-electron chi connectivity index (χ0n) is 21.7. The van der Waals surface area contributed by atoms with Gasteiger partial charge in [-0.1, -0.05) is 55.7 Å². The molecule has 3 N–H and O–H groups in total. The van der Waals surface area contributed by atoms with E-state index in [1.54, 1.807) is 0 Å². The van der Waals surface area contributed by atoms with Crippen LogP contribution >= 0.6 is 0 Å². The number of hydrogen-bond donors (Lipinski definition) is 3. The Bertz CT molecular complexity index is 1520. The van der Waals surface area contributed by atoms with E-state index in [2.05, 4.69) is 32.7 Å². The molecule has 1 saturated carbocycles. The smallest absolute Gasteiger partial charge is 0.296 e. The number of para-hydroxylation sites is 3. The summed E-state index contributed by atoms with van der Waals surface area (Å²) in [6.45, 7) is 2.47. The maximum atomic E-state index is 14.1. The number of pyridine rings is 1. The summed E-state index contributed by atoms with van der Waals surface area (Å²) in [5.74, 6) is -0.0917. The molecule has 1 aliphatic carbocycles. The van der Waals surface area contributed by atoms with Gasteiger partial charge < -0.3 is 20.0 Å². The van der Waals surface area contributed by atoms with Crippen molar-refractivity contribution in [3.63, 3.8) is 0 Å². The van der Waals surface area contributed by atoms with Crippen LogP contribution in [0.5, 0.6) is 0 Å². The first-order valence-corrected chi connectivity index (χ1v) is 13.4. The van der Waals surface area contributed by atoms with Crippen LogP contribution in [-0.2, 0) is 16.6 Å². The zero-order chi connectivity index (χ0) is 26.0. The summed E-state index contributed by atoms with van der Waals surface area (Å²) in [4.78, 5) is 26.7. The molecule has 3 aromatic heterocycles. The molecule has 0 aliphatic heterocycles. The van der Waals surface area contributed by atoms with Crippen molar-refractivity contribution in [1.29, 1.82) is 0 Å². The summed E-state index contributed by atoms with van der Waals surface area (Å²) in [6.07, 6.45) is 9.83. The van der Waals surface area contributed by atoms with Crippen LogP contribution in [0.15, 0.2) is 83.5 Å². The highest BCUT2D eigenvalue weighted by atomic mass is 16.4. The summed E-state index contributed by atoms with van der Waals surface area (Å²) >= 11 is 0. The fourth-order valence-corrected chi connectivity index (χ4v) is 5.87. The summed E-state index contributed by atoms with van der Waals surface area (Å²) < 4.78 is 5.98. The van der Waals surface area contributed by atoms with Crippen LogP contribution in [0.25, 0.3) is 22.0 Å². The van der Waals surface area contributed by atoms with Crippen molar-refractivity contribution in [2.45, 2.75) is 56.4 Å². The molecular weight excluding hydrogens is 474 g/mol. The van der Waals surface area contributed by atoms with Crippen molar-refractivity contribution >= 4 is 33.9 Å². The van der Waals surface area contributed by atoms with Crippen LogP contribution in [0.3, 0.4) is 0 Å². The molecule has 1 unspecified atom stereocenters. The van der Waals surface area contributed by atoms with Crippen molar-refractivity contribution in [2.75, 3.05) is 11.9 Å². The second-order valence-corrected chi connectivity index (χ2v) is 10.7. The molecule has 0 saturated heterocycles. The molecule has 1 atom stereocenters. The Morgan fingerprint density at radius 2 is 1.82 bits per heavy atom. The molecule has 7 heteroatoms. The molecule has 1 amide bonds. The van der Waals surface area contributed by atoms with Gasteiger partial charge in [0.1, 0.15) is 11.1 Å². The monoisotopic (exact) mass is 507 g/mol. The molecule has 1 fully saturated rings. The molecule has 38 heavy (non-hydrogen) atoms. The van der Waals surface area contributed by atoms with Crippen LogP contribution < -0.4 is 10.6 Å². The number of anilines is 1. The fraction of sp³-hybridized carbons (Fsp3) is 0.323. The second kappa shape index (κ2) is 9.97. The molecule has 0 radical (unpaired) electrons. The van der Waals surface area contributed by atoms with Gasteiger partial charge in [-0.25, -0.2) is 0 Å². The SMILES string of the molecule is CC(Cc1c[nH]c2ccccc12)(Nc1nc2ccccc2o1)C(=O)NCC1(c2ccccn2)CCCCC1. The lowest BCUT2D eigenvalue weighted by Crippen LogP contribution is -2.55. The van der Waals surface area contributed by atoms with E-state index in [1.807, 2.05) is 73.9 Å². The third-order valence-corrected chi connectivity index (χ3v) is 8.00. The number of carbonyl (C=O) groups excluding carboxylic acids is 1. The van der Waals surface area contributed by atoms with Gasteiger partial charge in [-0.2, -0.15) is 4.98 Å². The average Bonchev–Trinajstić information content (AvgIpc) is 3.56. The van der Waals surface area contributed by atoms with Gasteiger partial charge in [0.15, 0.2) is 5.58 Å². The number of oxazole rings is 1. The number of hydrogen-bond acceptors (Lipinski definition) is 5. The van der Waals surface area contributed by atoms with Crippen LogP contribution in [-0.4, -0.2) is 32.9 Å². The highest BCUT2D eigenvalue weighted by Crippen LogP contribution is 2.38. The number of aromatic amines is 1. The number of benzene rings is 2. The van der Waals surface area contributed by atoms with Gasteiger partial charge in [0.25, 0.3) is 6.01 Å². The molecule has 2 aromatic carbocycles. The molecule has 5 aromatic rings. The summed E-state index contributed by atoms with van der Waals surface area (Å²) in [7, 11) is 0. The van der Waals surface area contributed by atoms with Crippen molar-refractivity contribution < 1.29 is 9.21 Å². The number of rotatable bonds is 8. The predicted molar refractivity (Wildman–Crippen MR) is 150 cm³/mol. The Balaban J connectivity index is 1.31. The number of nitrogens with one attached hydrogen (secondary N) is 3. The van der Waals surface area contributed by atoms with Gasteiger partial charge in [-0.05, 0) is 55.7 Å². The lowest BCUT2D eigenvalue weighted by Gasteiger charge is -2.38. The Morgan fingerprint density at radius 3 is 2.63 bits per heavy atom. The minimum atomic E-state index is -1.01. The van der Waals surface area contributed by atoms with Crippen molar-refractivity contribution in [3.8, 4) is 0 Å². The van der Waals surface area contributed by atoms with Gasteiger partial charge in [-0.15, -0.1) is 0 Å². The Morgan fingerprint density at radius 1 is 1.03 bits per heavy atom. The Hall–Kier alpha value is -4.13. The maximum absolute atomic E-state index is 14.1. The van der Waals surface area contributed by atoms with E-state index in [9.17, 15) is 4.79 Å². The third-order valence-electron chi connectivity index (χ3n) is 8.00. The molecule has 6 rings (SSSR count). The van der Waals surface area contributed by atoms with Gasteiger partial charge in [0.2, 0.25) is 5.91 Å². The largest absolute Gasteiger partial charge is 0.424 e. The first-order valence-electron chi connectivity index (χ1n) is 13.4. The summed E-state index contributed by atoms with van der Waals surface area (Å²) in [5, 5.41) is 7.79. The third kappa shape index (κ3) is 4.64. The normalized spacial score (nSPS) is 16.8. The molecular formula is C31H33N5O2. The Labute approximate surface area is 222 Å². The highest BCUT2D eigenvalue weighted by Gasteiger charge is 2.40. The summed E-state index contributed by atoms with van der Waals surface area (Å²) in [5.41, 5.74) is 3.43. The minimum absolute atomic E-state index is 0.0917. The van der Waals surface area contributed by atoms with E-state index < -0.39 is 5.54 Å². The first-order chi connectivity index (χ1) is 18.5. The van der Waals surface area contributed by atoms with Gasteiger partial charge in [0.05, 0.1) is 0 Å². The molecule has 3 heterocycles. The molecule has 1 aliphatic rings. The number of carbonyl (C=O) groups is 1. The van der Waals surface area contributed by atoms with E-state index in [-0.39, 0.29) is 11.3 Å². The number of aromatic nitrogens is 3. The van der Waals surface area contributed by atoms with E-state index in [0.717, 1.165) is 53.4 Å². The molecule has 194 valence electrons. The predicted octanol–water partition coefficient (Wildman–Crippen LogP) is 6.14. The minimum Gasteiger partial charge on any atom is -0.424 e. The van der Waals surface area contributed by atoms with Crippen molar-refractivity contribution in [2.24, 2.45) is 0 Å². The Kier molecular flexibility index (Phi) is 6.35. The van der Waals surface area contributed by atoms with Crippen molar-refractivity contribution in [3.05, 3.63) is 90.4 Å². The number of amides is 1. The van der Waals surface area contributed by atoms with Crippen LogP contribution in [0, 0.1) is 0 Å². The molecule has 7 nitrogen and oxygen atoms in total. The number of nitrogens with zero attached hydrogens (tertiary/aromatic N) is 2. The van der Waals surface area contributed by atoms with E-state index in [4.69, 9.17) is 9.40 Å². The topological polar surface area (TPSA) is 95.8 Å². The van der Waals surface area contributed by atoms with Crippen LogP contribution in [0.1, 0.15) is 50.3 Å². The lowest BCUT2D eigenvalue weighted by atomic mass is 9.71. The van der Waals surface area contributed by atoms with Gasteiger partial charge in [-0.3, -0.25) is 9.78 Å². The number of fused-ring (bicyclic) bond motifs is 2. The maximum Gasteiger partial charge on any atom is 0.296 e. The molecule has 0 spiro atoms. The van der Waals surface area contributed by atoms with Crippen LogP contribution in [0.4, 0.5) is 6.01 Å². The lowest BCUT2D eigenvalue weighted by molar-refractivity contribution is -0.125. The zero-order valence-corrected chi connectivity index (χ0v) is 21.7. The van der Waals surface area contributed by atoms with E-state index >= 15 is 0 Å². The number of H-pyrrole nitrogens is 1. The van der Waals surface area contributed by atoms with E-state index in [1.165, 1.54) is 6.42 Å².